The largest absolute Gasteiger partial charge is 0.0998 e. The molecular weight excluding hydrogens is 180 g/mol. The highest BCUT2D eigenvalue weighted by atomic mass is 14.2. The van der Waals surface area contributed by atoms with Crippen LogP contribution in [-0.4, -0.2) is 0 Å². The van der Waals surface area contributed by atoms with E-state index in [1.807, 2.05) is 0 Å². The number of allylic oxidation sites excluding steroid dienone is 9. The maximum atomic E-state index is 4.04. The van der Waals surface area contributed by atoms with Crippen LogP contribution in [0.5, 0.6) is 0 Å². The lowest BCUT2D eigenvalue weighted by molar-refractivity contribution is 0.545. The third kappa shape index (κ3) is 2.59. The van der Waals surface area contributed by atoms with Crippen LogP contribution in [0.15, 0.2) is 59.8 Å². The van der Waals surface area contributed by atoms with E-state index in [1.54, 1.807) is 0 Å². The van der Waals surface area contributed by atoms with Gasteiger partial charge in [-0.2, -0.15) is 0 Å². The van der Waals surface area contributed by atoms with Crippen molar-refractivity contribution in [3.8, 4) is 0 Å². The Balaban J connectivity index is 2.02. The van der Waals surface area contributed by atoms with Gasteiger partial charge in [0.25, 0.3) is 0 Å². The van der Waals surface area contributed by atoms with E-state index in [1.165, 1.54) is 36.0 Å². The zero-order valence-corrected chi connectivity index (χ0v) is 9.37. The first-order chi connectivity index (χ1) is 7.25. The second-order valence-electron chi connectivity index (χ2n) is 4.46. The van der Waals surface area contributed by atoms with Gasteiger partial charge in [-0.25, -0.2) is 0 Å². The highest BCUT2D eigenvalue weighted by Gasteiger charge is 2.13. The van der Waals surface area contributed by atoms with Crippen molar-refractivity contribution >= 4 is 0 Å². The molecule has 0 nitrogen and oxygen atoms in total. The summed E-state index contributed by atoms with van der Waals surface area (Å²) < 4.78 is 0. The van der Waals surface area contributed by atoms with E-state index >= 15 is 0 Å². The minimum Gasteiger partial charge on any atom is -0.0998 e. The molecule has 1 atom stereocenters. The van der Waals surface area contributed by atoms with Crippen molar-refractivity contribution in [2.75, 3.05) is 0 Å². The summed E-state index contributed by atoms with van der Waals surface area (Å²) in [5.74, 6) is 0.710. The van der Waals surface area contributed by atoms with Gasteiger partial charge < -0.3 is 0 Å². The Morgan fingerprint density at radius 1 is 1.40 bits per heavy atom. The number of hydrogen-bond acceptors (Lipinski definition) is 0. The quantitative estimate of drug-likeness (QED) is 0.579. The van der Waals surface area contributed by atoms with E-state index in [2.05, 4.69) is 50.0 Å². The predicted octanol–water partition coefficient (Wildman–Crippen LogP) is 4.34. The van der Waals surface area contributed by atoms with Crippen LogP contribution in [0.3, 0.4) is 0 Å². The Labute approximate surface area is 92.4 Å². The van der Waals surface area contributed by atoms with Crippen molar-refractivity contribution in [3.05, 3.63) is 59.8 Å². The van der Waals surface area contributed by atoms with Crippen LogP contribution in [0.2, 0.25) is 0 Å². The zero-order chi connectivity index (χ0) is 10.7. The van der Waals surface area contributed by atoms with E-state index in [0.717, 1.165) is 0 Å². The van der Waals surface area contributed by atoms with Crippen LogP contribution in [0.4, 0.5) is 0 Å². The summed E-state index contributed by atoms with van der Waals surface area (Å²) in [6, 6.07) is 0. The summed E-state index contributed by atoms with van der Waals surface area (Å²) in [5, 5.41) is 0. The maximum absolute atomic E-state index is 4.04. The smallest absolute Gasteiger partial charge is 0.0171 e. The highest BCUT2D eigenvalue weighted by molar-refractivity contribution is 5.44. The Morgan fingerprint density at radius 2 is 2.13 bits per heavy atom. The van der Waals surface area contributed by atoms with Crippen molar-refractivity contribution in [1.82, 2.24) is 0 Å². The van der Waals surface area contributed by atoms with Gasteiger partial charge in [-0.15, -0.1) is 0 Å². The third-order valence-electron chi connectivity index (χ3n) is 3.18. The molecular formula is C15H18. The van der Waals surface area contributed by atoms with E-state index in [4.69, 9.17) is 0 Å². The summed E-state index contributed by atoms with van der Waals surface area (Å²) in [7, 11) is 0. The molecule has 15 heavy (non-hydrogen) atoms. The minimum absolute atomic E-state index is 0.710. The molecule has 0 aromatic carbocycles. The molecule has 2 rings (SSSR count). The van der Waals surface area contributed by atoms with Gasteiger partial charge >= 0.3 is 0 Å². The summed E-state index contributed by atoms with van der Waals surface area (Å²) in [6.07, 6.45) is 16.8. The molecule has 0 saturated carbocycles. The molecule has 78 valence electrons. The maximum Gasteiger partial charge on any atom is -0.0171 e. The van der Waals surface area contributed by atoms with Gasteiger partial charge in [0.2, 0.25) is 0 Å². The summed E-state index contributed by atoms with van der Waals surface area (Å²) in [6.45, 7) is 6.18. The first-order valence-corrected chi connectivity index (χ1v) is 5.66. The van der Waals surface area contributed by atoms with E-state index in [9.17, 15) is 0 Å². The van der Waals surface area contributed by atoms with Crippen LogP contribution in [0.25, 0.3) is 0 Å². The monoisotopic (exact) mass is 198 g/mol. The molecule has 0 heteroatoms. The van der Waals surface area contributed by atoms with Crippen LogP contribution >= 0.6 is 0 Å². The molecule has 0 spiro atoms. The lowest BCUT2D eigenvalue weighted by atomic mass is 9.85. The molecule has 2 aliphatic carbocycles. The molecule has 0 heterocycles. The van der Waals surface area contributed by atoms with Gasteiger partial charge in [-0.3, -0.25) is 0 Å². The first-order valence-electron chi connectivity index (χ1n) is 5.66. The molecule has 0 bridgehead atoms. The van der Waals surface area contributed by atoms with Crippen LogP contribution in [0, 0.1) is 5.92 Å². The van der Waals surface area contributed by atoms with E-state index in [-0.39, 0.29) is 0 Å². The molecule has 0 fully saturated rings. The highest BCUT2D eigenvalue weighted by Crippen LogP contribution is 2.29. The molecule has 2 aliphatic rings. The SMILES string of the molecule is C=C(C)C1CC=C(C=C2C=CC=C2)CC1. The minimum atomic E-state index is 0.710. The Morgan fingerprint density at radius 3 is 2.67 bits per heavy atom. The molecule has 0 radical (unpaired) electrons. The van der Waals surface area contributed by atoms with Gasteiger partial charge in [0, 0.05) is 0 Å². The average molecular weight is 198 g/mol. The summed E-state index contributed by atoms with van der Waals surface area (Å²) >= 11 is 0. The summed E-state index contributed by atoms with van der Waals surface area (Å²) in [5.41, 5.74) is 4.15. The molecule has 0 amide bonds. The van der Waals surface area contributed by atoms with Gasteiger partial charge in [-0.05, 0) is 37.7 Å². The van der Waals surface area contributed by atoms with Gasteiger partial charge in [-0.1, -0.05) is 54.2 Å². The van der Waals surface area contributed by atoms with Crippen LogP contribution in [-0.2, 0) is 0 Å². The molecule has 0 aromatic rings. The number of hydrogen-bond donors (Lipinski definition) is 0. The van der Waals surface area contributed by atoms with Crippen molar-refractivity contribution in [2.45, 2.75) is 26.2 Å². The fraction of sp³-hybridized carbons (Fsp3) is 0.333. The van der Waals surface area contributed by atoms with Crippen molar-refractivity contribution in [3.63, 3.8) is 0 Å². The molecule has 0 N–H and O–H groups in total. The Kier molecular flexibility index (Phi) is 3.05. The lowest BCUT2D eigenvalue weighted by Crippen LogP contribution is -2.05. The van der Waals surface area contributed by atoms with Gasteiger partial charge in [0.1, 0.15) is 0 Å². The first kappa shape index (κ1) is 10.2. The zero-order valence-electron chi connectivity index (χ0n) is 9.37. The van der Waals surface area contributed by atoms with E-state index in [0.29, 0.717) is 5.92 Å². The lowest BCUT2D eigenvalue weighted by Gasteiger charge is -2.20. The summed E-state index contributed by atoms with van der Waals surface area (Å²) in [4.78, 5) is 0. The second-order valence-corrected chi connectivity index (χ2v) is 4.46. The molecule has 0 saturated heterocycles. The number of rotatable bonds is 2. The van der Waals surface area contributed by atoms with Crippen molar-refractivity contribution in [1.29, 1.82) is 0 Å². The van der Waals surface area contributed by atoms with Crippen LogP contribution < -0.4 is 0 Å². The average Bonchev–Trinajstić information content (AvgIpc) is 2.71. The fourth-order valence-corrected chi connectivity index (χ4v) is 2.13. The predicted molar refractivity (Wildman–Crippen MR) is 66.6 cm³/mol. The Hall–Kier alpha value is -1.30. The van der Waals surface area contributed by atoms with Gasteiger partial charge in [0.15, 0.2) is 0 Å². The topological polar surface area (TPSA) is 0 Å². The Bertz CT molecular complexity index is 361. The fourth-order valence-electron chi connectivity index (χ4n) is 2.13. The molecule has 1 unspecified atom stereocenters. The van der Waals surface area contributed by atoms with Crippen molar-refractivity contribution in [2.24, 2.45) is 5.92 Å². The normalized spacial score (nSPS) is 24.2. The van der Waals surface area contributed by atoms with Gasteiger partial charge in [0.05, 0.1) is 0 Å². The molecule has 0 aromatic heterocycles. The third-order valence-corrected chi connectivity index (χ3v) is 3.18. The van der Waals surface area contributed by atoms with Crippen LogP contribution in [0.1, 0.15) is 26.2 Å². The molecule has 0 aliphatic heterocycles. The standard InChI is InChI=1S/C15H18/c1-12(2)15-9-7-14(8-10-15)11-13-5-3-4-6-13/h3-7,11,15H,1,8-10H2,2H3. The second kappa shape index (κ2) is 4.48. The van der Waals surface area contributed by atoms with Crippen molar-refractivity contribution < 1.29 is 0 Å². The van der Waals surface area contributed by atoms with E-state index < -0.39 is 0 Å².